The summed E-state index contributed by atoms with van der Waals surface area (Å²) in [5, 5.41) is 27.9. The van der Waals surface area contributed by atoms with Gasteiger partial charge in [-0.25, -0.2) is 4.79 Å². The molecule has 0 saturated heterocycles. The maximum Gasteiger partial charge on any atom is 0.333 e. The Labute approximate surface area is 121 Å². The Morgan fingerprint density at radius 1 is 0.810 bits per heavy atom. The van der Waals surface area contributed by atoms with Gasteiger partial charge >= 0.3 is 11.9 Å². The van der Waals surface area contributed by atoms with Crippen LogP contribution in [0.15, 0.2) is 54.6 Å². The highest BCUT2D eigenvalue weighted by molar-refractivity contribution is 5.88. The van der Waals surface area contributed by atoms with Crippen LogP contribution in [0.25, 0.3) is 11.1 Å². The number of aliphatic hydroxyl groups excluding tert-OH is 1. The monoisotopic (exact) mass is 286 g/mol. The molecule has 0 amide bonds. The van der Waals surface area contributed by atoms with Gasteiger partial charge in [0.2, 0.25) is 0 Å². The molecule has 0 heterocycles. The lowest BCUT2D eigenvalue weighted by atomic mass is 9.87. The zero-order chi connectivity index (χ0) is 15.4. The summed E-state index contributed by atoms with van der Waals surface area (Å²) in [6, 6.07) is 15.6. The summed E-state index contributed by atoms with van der Waals surface area (Å²) in [6.07, 6.45) is -2.01. The molecule has 3 N–H and O–H groups in total. The number of carboxylic acids is 2. The van der Waals surface area contributed by atoms with Crippen LogP contribution in [-0.4, -0.2) is 33.4 Å². The van der Waals surface area contributed by atoms with Gasteiger partial charge in [-0.1, -0.05) is 54.6 Å². The van der Waals surface area contributed by atoms with Gasteiger partial charge in [-0.15, -0.1) is 0 Å². The number of hydrogen-bond acceptors (Lipinski definition) is 3. The van der Waals surface area contributed by atoms with Crippen LogP contribution in [0.1, 0.15) is 11.5 Å². The largest absolute Gasteiger partial charge is 0.481 e. The van der Waals surface area contributed by atoms with Crippen molar-refractivity contribution in [1.29, 1.82) is 0 Å². The standard InChI is InChI=1S/C16H14O5/c17-14(16(20)21)13(15(18)19)12-9-5-4-8-11(12)10-6-2-1-3-7-10/h1-9,13-14,17H,(H,18,19)(H,20,21). The Morgan fingerprint density at radius 3 is 1.95 bits per heavy atom. The summed E-state index contributed by atoms with van der Waals surface area (Å²) < 4.78 is 0. The van der Waals surface area contributed by atoms with Crippen molar-refractivity contribution in [3.8, 4) is 11.1 Å². The van der Waals surface area contributed by atoms with Crippen LogP contribution >= 0.6 is 0 Å². The molecule has 0 radical (unpaired) electrons. The number of aliphatic hydroxyl groups is 1. The Hall–Kier alpha value is -2.66. The van der Waals surface area contributed by atoms with E-state index in [9.17, 15) is 19.8 Å². The van der Waals surface area contributed by atoms with Gasteiger partial charge in [0.1, 0.15) is 5.92 Å². The van der Waals surface area contributed by atoms with Gasteiger partial charge < -0.3 is 15.3 Å². The van der Waals surface area contributed by atoms with E-state index < -0.39 is 24.0 Å². The maximum absolute atomic E-state index is 11.4. The molecule has 0 bridgehead atoms. The Balaban J connectivity index is 2.57. The minimum absolute atomic E-state index is 0.270. The first kappa shape index (κ1) is 14.7. The molecule has 0 aromatic heterocycles. The topological polar surface area (TPSA) is 94.8 Å². The molecule has 2 unspecified atom stereocenters. The summed E-state index contributed by atoms with van der Waals surface area (Å²) in [4.78, 5) is 22.4. The number of hydrogen-bond donors (Lipinski definition) is 3. The van der Waals surface area contributed by atoms with Crippen LogP contribution in [0.2, 0.25) is 0 Å². The van der Waals surface area contributed by atoms with Gasteiger partial charge in [-0.2, -0.15) is 0 Å². The van der Waals surface area contributed by atoms with Crippen molar-refractivity contribution in [2.24, 2.45) is 0 Å². The SMILES string of the molecule is O=C(O)C(O)C(C(=O)O)c1ccccc1-c1ccccc1. The van der Waals surface area contributed by atoms with Crippen LogP contribution in [0.3, 0.4) is 0 Å². The zero-order valence-electron chi connectivity index (χ0n) is 11.0. The molecular formula is C16H14O5. The molecule has 5 heteroatoms. The van der Waals surface area contributed by atoms with Crippen LogP contribution in [0.5, 0.6) is 0 Å². The fourth-order valence-corrected chi connectivity index (χ4v) is 2.23. The third-order valence-corrected chi connectivity index (χ3v) is 3.22. The summed E-state index contributed by atoms with van der Waals surface area (Å²) in [5.41, 5.74) is 1.62. The average Bonchev–Trinajstić information content (AvgIpc) is 2.48. The van der Waals surface area contributed by atoms with Gasteiger partial charge in [0.05, 0.1) is 0 Å². The molecule has 21 heavy (non-hydrogen) atoms. The highest BCUT2D eigenvalue weighted by Gasteiger charge is 2.35. The molecule has 0 aliphatic rings. The minimum atomic E-state index is -2.01. The molecule has 2 atom stereocenters. The lowest BCUT2D eigenvalue weighted by Gasteiger charge is -2.19. The Morgan fingerprint density at radius 2 is 1.38 bits per heavy atom. The molecule has 0 aliphatic heterocycles. The summed E-state index contributed by atoms with van der Waals surface area (Å²) in [6.45, 7) is 0. The first-order chi connectivity index (χ1) is 10.0. The Bertz CT molecular complexity index is 651. The highest BCUT2D eigenvalue weighted by Crippen LogP contribution is 2.31. The van der Waals surface area contributed by atoms with Gasteiger partial charge in [0, 0.05) is 0 Å². The molecule has 108 valence electrons. The van der Waals surface area contributed by atoms with Crippen LogP contribution < -0.4 is 0 Å². The first-order valence-corrected chi connectivity index (χ1v) is 6.30. The quantitative estimate of drug-likeness (QED) is 0.781. The van der Waals surface area contributed by atoms with E-state index in [1.54, 1.807) is 42.5 Å². The molecule has 2 aromatic rings. The van der Waals surface area contributed by atoms with Crippen molar-refractivity contribution in [3.63, 3.8) is 0 Å². The smallest absolute Gasteiger partial charge is 0.333 e. The van der Waals surface area contributed by atoms with Gasteiger partial charge in [-0.05, 0) is 16.7 Å². The number of carboxylic acid groups (broad SMARTS) is 2. The second-order valence-electron chi connectivity index (χ2n) is 4.55. The van der Waals surface area contributed by atoms with E-state index in [1.807, 2.05) is 6.07 Å². The third kappa shape index (κ3) is 3.09. The predicted molar refractivity (Wildman–Crippen MR) is 75.9 cm³/mol. The van der Waals surface area contributed by atoms with Crippen molar-refractivity contribution >= 4 is 11.9 Å². The molecule has 2 aromatic carbocycles. The molecular weight excluding hydrogens is 272 g/mol. The second-order valence-corrected chi connectivity index (χ2v) is 4.55. The molecule has 5 nitrogen and oxygen atoms in total. The molecule has 2 rings (SSSR count). The molecule has 0 spiro atoms. The second kappa shape index (κ2) is 6.19. The number of rotatable bonds is 5. The average molecular weight is 286 g/mol. The van der Waals surface area contributed by atoms with E-state index in [2.05, 4.69) is 0 Å². The number of aliphatic carboxylic acids is 2. The zero-order valence-corrected chi connectivity index (χ0v) is 11.0. The lowest BCUT2D eigenvalue weighted by Crippen LogP contribution is -2.33. The van der Waals surface area contributed by atoms with Gasteiger partial charge in [0.15, 0.2) is 6.10 Å². The van der Waals surface area contributed by atoms with Gasteiger partial charge in [0.25, 0.3) is 0 Å². The summed E-state index contributed by atoms with van der Waals surface area (Å²) in [7, 11) is 0. The summed E-state index contributed by atoms with van der Waals surface area (Å²) in [5.74, 6) is -4.47. The predicted octanol–water partition coefficient (Wildman–Crippen LogP) is 1.97. The number of carbonyl (C=O) groups is 2. The van der Waals surface area contributed by atoms with Crippen molar-refractivity contribution in [3.05, 3.63) is 60.2 Å². The number of benzene rings is 2. The lowest BCUT2D eigenvalue weighted by molar-refractivity contribution is -0.155. The van der Waals surface area contributed by atoms with E-state index in [1.165, 1.54) is 6.07 Å². The fourth-order valence-electron chi connectivity index (χ4n) is 2.23. The maximum atomic E-state index is 11.4. The fraction of sp³-hybridized carbons (Fsp3) is 0.125. The van der Waals surface area contributed by atoms with Crippen molar-refractivity contribution < 1.29 is 24.9 Å². The summed E-state index contributed by atoms with van der Waals surface area (Å²) >= 11 is 0. The van der Waals surface area contributed by atoms with E-state index >= 15 is 0 Å². The van der Waals surface area contributed by atoms with Crippen molar-refractivity contribution in [2.45, 2.75) is 12.0 Å². The molecule has 0 saturated carbocycles. The molecule has 0 aliphatic carbocycles. The highest BCUT2D eigenvalue weighted by atomic mass is 16.4. The third-order valence-electron chi connectivity index (χ3n) is 3.22. The Kier molecular flexibility index (Phi) is 4.35. The van der Waals surface area contributed by atoms with E-state index in [4.69, 9.17) is 5.11 Å². The van der Waals surface area contributed by atoms with Crippen LogP contribution in [-0.2, 0) is 9.59 Å². The van der Waals surface area contributed by atoms with E-state index in [-0.39, 0.29) is 5.56 Å². The van der Waals surface area contributed by atoms with Crippen LogP contribution in [0, 0.1) is 0 Å². The van der Waals surface area contributed by atoms with Gasteiger partial charge in [-0.3, -0.25) is 4.79 Å². The van der Waals surface area contributed by atoms with Crippen LogP contribution in [0.4, 0.5) is 0 Å². The van der Waals surface area contributed by atoms with Crippen molar-refractivity contribution in [1.82, 2.24) is 0 Å². The van der Waals surface area contributed by atoms with E-state index in [0.29, 0.717) is 5.56 Å². The van der Waals surface area contributed by atoms with E-state index in [0.717, 1.165) is 5.56 Å². The van der Waals surface area contributed by atoms with Crippen molar-refractivity contribution in [2.75, 3.05) is 0 Å². The first-order valence-electron chi connectivity index (χ1n) is 6.30. The minimum Gasteiger partial charge on any atom is -0.481 e. The normalized spacial score (nSPS) is 13.4. The molecule has 0 fully saturated rings.